The van der Waals surface area contributed by atoms with Gasteiger partial charge < -0.3 is 5.32 Å². The Labute approximate surface area is 134 Å². The van der Waals surface area contributed by atoms with Crippen LogP contribution in [0.25, 0.3) is 0 Å². The Bertz CT molecular complexity index is 700. The highest BCUT2D eigenvalue weighted by Gasteiger charge is 2.56. The van der Waals surface area contributed by atoms with Crippen LogP contribution in [0.1, 0.15) is 17.2 Å². The van der Waals surface area contributed by atoms with E-state index in [2.05, 4.69) is 39.8 Å². The number of likely N-dealkylation sites (tertiary alicyclic amines) is 1. The molecule has 0 radical (unpaired) electrons. The number of amides is 3. The van der Waals surface area contributed by atoms with Crippen LogP contribution >= 0.6 is 0 Å². The van der Waals surface area contributed by atoms with Crippen LogP contribution in [-0.2, 0) is 4.79 Å². The number of benzene rings is 2. The van der Waals surface area contributed by atoms with E-state index in [1.165, 1.54) is 11.1 Å². The quantitative estimate of drug-likeness (QED) is 0.848. The van der Waals surface area contributed by atoms with E-state index >= 15 is 0 Å². The number of nitrogens with one attached hydrogen (secondary N) is 2. The van der Waals surface area contributed by atoms with Crippen molar-refractivity contribution in [1.82, 2.24) is 15.5 Å². The lowest BCUT2D eigenvalue weighted by atomic mass is 9.85. The van der Waals surface area contributed by atoms with Gasteiger partial charge in [0.05, 0.1) is 6.04 Å². The molecule has 2 aromatic rings. The topological polar surface area (TPSA) is 61.4 Å². The average molecular weight is 307 g/mol. The molecule has 2 aromatic carbocycles. The van der Waals surface area contributed by atoms with Crippen molar-refractivity contribution >= 4 is 11.9 Å². The number of hydrogen-bond acceptors (Lipinski definition) is 3. The van der Waals surface area contributed by atoms with Gasteiger partial charge in [0.1, 0.15) is 5.54 Å². The Morgan fingerprint density at radius 2 is 1.39 bits per heavy atom. The summed E-state index contributed by atoms with van der Waals surface area (Å²) in [6.45, 7) is 1.03. The molecule has 0 bridgehead atoms. The molecule has 2 fully saturated rings. The van der Waals surface area contributed by atoms with Gasteiger partial charge in [-0.1, -0.05) is 60.7 Å². The molecular weight excluding hydrogens is 290 g/mol. The zero-order chi connectivity index (χ0) is 15.9. The molecule has 5 nitrogen and oxygen atoms in total. The Kier molecular flexibility index (Phi) is 3.16. The fraction of sp³-hybridized carbons (Fsp3) is 0.222. The fourth-order valence-electron chi connectivity index (χ4n) is 3.47. The summed E-state index contributed by atoms with van der Waals surface area (Å²) < 4.78 is 0. The van der Waals surface area contributed by atoms with Gasteiger partial charge in [0.2, 0.25) is 0 Å². The first-order valence-electron chi connectivity index (χ1n) is 7.65. The average Bonchev–Trinajstić information content (AvgIpc) is 2.84. The Morgan fingerprint density at radius 1 is 0.870 bits per heavy atom. The molecule has 23 heavy (non-hydrogen) atoms. The molecule has 3 amide bonds. The number of rotatable bonds is 3. The van der Waals surface area contributed by atoms with Gasteiger partial charge in [-0.15, -0.1) is 0 Å². The van der Waals surface area contributed by atoms with Crippen LogP contribution in [0.4, 0.5) is 4.79 Å². The summed E-state index contributed by atoms with van der Waals surface area (Å²) in [5.74, 6) is -0.223. The van der Waals surface area contributed by atoms with Crippen molar-refractivity contribution in [2.24, 2.45) is 0 Å². The lowest BCUT2D eigenvalue weighted by molar-refractivity contribution is -0.131. The van der Waals surface area contributed by atoms with Crippen molar-refractivity contribution in [3.8, 4) is 0 Å². The van der Waals surface area contributed by atoms with Crippen LogP contribution in [0, 0.1) is 0 Å². The van der Waals surface area contributed by atoms with Crippen LogP contribution in [0.5, 0.6) is 0 Å². The van der Waals surface area contributed by atoms with E-state index in [9.17, 15) is 9.59 Å². The largest absolute Gasteiger partial charge is 0.322 e. The van der Waals surface area contributed by atoms with Crippen molar-refractivity contribution in [2.45, 2.75) is 11.6 Å². The maximum Gasteiger partial charge on any atom is 0.322 e. The van der Waals surface area contributed by atoms with Crippen molar-refractivity contribution in [2.75, 3.05) is 13.1 Å². The number of carbonyl (C=O) groups is 2. The third-order valence-corrected chi connectivity index (χ3v) is 4.56. The maximum absolute atomic E-state index is 12.0. The molecule has 0 saturated carbocycles. The lowest BCUT2D eigenvalue weighted by Gasteiger charge is -2.49. The second-order valence-corrected chi connectivity index (χ2v) is 6.12. The fourth-order valence-corrected chi connectivity index (χ4v) is 3.47. The van der Waals surface area contributed by atoms with Crippen molar-refractivity contribution < 1.29 is 9.59 Å². The zero-order valence-electron chi connectivity index (χ0n) is 12.5. The normalized spacial score (nSPS) is 19.5. The first kappa shape index (κ1) is 14.0. The van der Waals surface area contributed by atoms with Crippen LogP contribution in [0.3, 0.4) is 0 Å². The molecule has 0 aliphatic carbocycles. The molecule has 2 N–H and O–H groups in total. The van der Waals surface area contributed by atoms with Crippen molar-refractivity contribution in [3.05, 3.63) is 71.8 Å². The van der Waals surface area contributed by atoms with E-state index in [1.807, 2.05) is 36.4 Å². The van der Waals surface area contributed by atoms with Crippen LogP contribution in [0.15, 0.2) is 60.7 Å². The number of hydrogen-bond donors (Lipinski definition) is 2. The lowest BCUT2D eigenvalue weighted by Crippen LogP contribution is -2.71. The smallest absolute Gasteiger partial charge is 0.321 e. The van der Waals surface area contributed by atoms with Gasteiger partial charge in [0.15, 0.2) is 0 Å². The van der Waals surface area contributed by atoms with Crippen LogP contribution in [0.2, 0.25) is 0 Å². The molecule has 0 atom stereocenters. The number of urea groups is 1. The Hall–Kier alpha value is -2.66. The van der Waals surface area contributed by atoms with E-state index in [4.69, 9.17) is 0 Å². The summed E-state index contributed by atoms with van der Waals surface area (Å²) in [5, 5.41) is 5.10. The number of imide groups is 1. The van der Waals surface area contributed by atoms with E-state index in [0.717, 1.165) is 0 Å². The Balaban J connectivity index is 1.64. The molecule has 2 saturated heterocycles. The van der Waals surface area contributed by atoms with Gasteiger partial charge in [0, 0.05) is 13.1 Å². The van der Waals surface area contributed by atoms with Crippen LogP contribution < -0.4 is 10.6 Å². The van der Waals surface area contributed by atoms with Crippen molar-refractivity contribution in [1.29, 1.82) is 0 Å². The monoisotopic (exact) mass is 307 g/mol. The molecule has 116 valence electrons. The van der Waals surface area contributed by atoms with Gasteiger partial charge in [-0.2, -0.15) is 0 Å². The second-order valence-electron chi connectivity index (χ2n) is 6.12. The predicted octanol–water partition coefficient (Wildman–Crippen LogP) is 1.67. The molecule has 5 heteroatoms. The van der Waals surface area contributed by atoms with Gasteiger partial charge in [-0.3, -0.25) is 15.0 Å². The zero-order valence-corrected chi connectivity index (χ0v) is 12.5. The molecule has 2 aliphatic heterocycles. The summed E-state index contributed by atoms with van der Waals surface area (Å²) in [7, 11) is 0. The Morgan fingerprint density at radius 3 is 1.83 bits per heavy atom. The molecule has 1 spiro atoms. The molecule has 4 rings (SSSR count). The molecular formula is C18H17N3O2. The number of nitrogens with zero attached hydrogens (tertiary/aromatic N) is 1. The summed E-state index contributed by atoms with van der Waals surface area (Å²) >= 11 is 0. The minimum Gasteiger partial charge on any atom is -0.321 e. The van der Waals surface area contributed by atoms with Gasteiger partial charge in [-0.25, -0.2) is 4.79 Å². The molecule has 2 aliphatic rings. The van der Waals surface area contributed by atoms with Crippen molar-refractivity contribution in [3.63, 3.8) is 0 Å². The van der Waals surface area contributed by atoms with E-state index < -0.39 is 11.6 Å². The minimum absolute atomic E-state index is 0.0772. The number of carbonyl (C=O) groups excluding carboxylic acids is 2. The minimum atomic E-state index is -0.765. The van der Waals surface area contributed by atoms with E-state index in [1.54, 1.807) is 0 Å². The highest BCUT2D eigenvalue weighted by Crippen LogP contribution is 2.36. The van der Waals surface area contributed by atoms with E-state index in [-0.39, 0.29) is 11.9 Å². The molecule has 0 unspecified atom stereocenters. The molecule has 0 aromatic heterocycles. The highest BCUT2D eigenvalue weighted by atomic mass is 16.2. The van der Waals surface area contributed by atoms with Gasteiger partial charge >= 0.3 is 6.03 Å². The second kappa shape index (κ2) is 5.21. The summed E-state index contributed by atoms with van der Waals surface area (Å²) in [4.78, 5) is 25.6. The summed E-state index contributed by atoms with van der Waals surface area (Å²) in [6, 6.07) is 20.1. The summed E-state index contributed by atoms with van der Waals surface area (Å²) in [5.41, 5.74) is 1.59. The van der Waals surface area contributed by atoms with Crippen LogP contribution in [-0.4, -0.2) is 35.5 Å². The first-order chi connectivity index (χ1) is 11.2. The third kappa shape index (κ3) is 2.29. The van der Waals surface area contributed by atoms with E-state index in [0.29, 0.717) is 13.1 Å². The first-order valence-corrected chi connectivity index (χ1v) is 7.65. The highest BCUT2D eigenvalue weighted by molar-refractivity contribution is 6.08. The third-order valence-electron chi connectivity index (χ3n) is 4.56. The van der Waals surface area contributed by atoms with Gasteiger partial charge in [-0.05, 0) is 11.1 Å². The molecule has 2 heterocycles. The summed E-state index contributed by atoms with van der Waals surface area (Å²) in [6.07, 6.45) is 0. The van der Waals surface area contributed by atoms with Gasteiger partial charge in [0.25, 0.3) is 5.91 Å². The SMILES string of the molecule is O=C1NC(=O)C2(CN(C(c3ccccc3)c3ccccc3)C2)N1. The predicted molar refractivity (Wildman–Crippen MR) is 85.7 cm³/mol. The maximum atomic E-state index is 12.0. The standard InChI is InChI=1S/C18H17N3O2/c22-16-18(20-17(23)19-16)11-21(12-18)15(13-7-3-1-4-8-13)14-9-5-2-6-10-14/h1-10,15H,11-12H2,(H2,19,20,22,23).